The first-order chi connectivity index (χ1) is 22.1. The molecular formula is C42H48CuN4O2. The molecular weight excluding hydrogens is 656 g/mol. The van der Waals surface area contributed by atoms with E-state index in [9.17, 15) is 10.2 Å². The topological polar surface area (TPSA) is 96.6 Å². The van der Waals surface area contributed by atoms with E-state index < -0.39 is 0 Å². The number of nitrogens with zero attached hydrogens (tertiary/aromatic N) is 4. The van der Waals surface area contributed by atoms with Gasteiger partial charge in [0.05, 0.1) is 33.4 Å². The molecule has 1 radical (unpaired) electrons. The molecule has 0 saturated carbocycles. The van der Waals surface area contributed by atoms with Gasteiger partial charge in [-0.2, -0.15) is 0 Å². The second-order valence-electron chi connectivity index (χ2n) is 16.9. The minimum Gasteiger partial charge on any atom is -0.872 e. The van der Waals surface area contributed by atoms with Crippen LogP contribution in [0.15, 0.2) is 70.6 Å². The Bertz CT molecular complexity index is 1940. The number of fused-ring (bicyclic) bond motifs is 2. The minimum absolute atomic E-state index is 0. The Hall–Kier alpha value is -4.06. The summed E-state index contributed by atoms with van der Waals surface area (Å²) in [7, 11) is 0. The van der Waals surface area contributed by atoms with Crippen molar-refractivity contribution in [2.24, 2.45) is 9.98 Å². The molecule has 0 unspecified atom stereocenters. The third-order valence-corrected chi connectivity index (χ3v) is 8.70. The van der Waals surface area contributed by atoms with Gasteiger partial charge in [-0.25, -0.2) is 9.97 Å². The summed E-state index contributed by atoms with van der Waals surface area (Å²) in [5.41, 5.74) is 7.61. The number of para-hydroxylation sites is 2. The zero-order chi connectivity index (χ0) is 35.4. The van der Waals surface area contributed by atoms with E-state index in [4.69, 9.17) is 20.0 Å². The van der Waals surface area contributed by atoms with E-state index in [2.05, 4.69) is 83.1 Å². The van der Waals surface area contributed by atoms with Crippen LogP contribution < -0.4 is 10.2 Å². The molecule has 1 aromatic heterocycles. The van der Waals surface area contributed by atoms with Gasteiger partial charge in [0.15, 0.2) is 0 Å². The molecule has 0 aliphatic carbocycles. The van der Waals surface area contributed by atoms with E-state index in [0.717, 1.165) is 33.3 Å². The normalized spacial score (nSPS) is 13.1. The van der Waals surface area contributed by atoms with Crippen LogP contribution in [-0.4, -0.2) is 22.4 Å². The largest absolute Gasteiger partial charge is 2.00 e. The average molecular weight is 704 g/mol. The fourth-order valence-corrected chi connectivity index (χ4v) is 5.61. The second kappa shape index (κ2) is 13.3. The molecule has 0 spiro atoms. The van der Waals surface area contributed by atoms with Crippen LogP contribution in [0.2, 0.25) is 0 Å². The molecule has 5 rings (SSSR count). The standard InChI is InChI=1S/C42H50N4O2.Cu/c1-39(2,3)27-17-25(37(47)29(19-27)41(7,8)9)23-43-33-21-35-36(46-32-16-14-13-15-31(32)45-35)22-34(33)44-24-26-18-28(40(4,5)6)20-30(38(26)48)42(10,11)12;/h13-24,47-48H,1-12H3;/q;+2/p-2. The monoisotopic (exact) mass is 703 g/mol. The predicted molar refractivity (Wildman–Crippen MR) is 198 cm³/mol. The van der Waals surface area contributed by atoms with E-state index in [1.54, 1.807) is 12.4 Å². The number of aliphatic imine (C=N–C) groups is 2. The fourth-order valence-electron chi connectivity index (χ4n) is 5.61. The summed E-state index contributed by atoms with van der Waals surface area (Å²) in [5, 5.41) is 27.5. The van der Waals surface area contributed by atoms with Gasteiger partial charge >= 0.3 is 17.1 Å². The number of hydrogen-bond acceptors (Lipinski definition) is 6. The van der Waals surface area contributed by atoms with Crippen molar-refractivity contribution in [3.63, 3.8) is 0 Å². The molecule has 4 aromatic carbocycles. The summed E-state index contributed by atoms with van der Waals surface area (Å²) in [6.07, 6.45) is 3.27. The molecule has 1 heterocycles. The van der Waals surface area contributed by atoms with Gasteiger partial charge in [-0.15, -0.1) is 0 Å². The van der Waals surface area contributed by atoms with Gasteiger partial charge in [0, 0.05) is 12.4 Å². The van der Waals surface area contributed by atoms with Crippen molar-refractivity contribution in [3.8, 4) is 11.5 Å². The van der Waals surface area contributed by atoms with Crippen LogP contribution in [0.5, 0.6) is 11.5 Å². The molecule has 0 bridgehead atoms. The molecule has 0 atom stereocenters. The quantitative estimate of drug-likeness (QED) is 0.106. The third-order valence-electron chi connectivity index (χ3n) is 8.70. The summed E-state index contributed by atoms with van der Waals surface area (Å²) in [5.74, 6) is -0.0823. The first kappa shape index (κ1) is 37.8. The fraction of sp³-hybridized carbons (Fsp3) is 0.381. The van der Waals surface area contributed by atoms with E-state index in [1.165, 1.54) is 0 Å². The van der Waals surface area contributed by atoms with Crippen molar-refractivity contribution in [1.82, 2.24) is 9.97 Å². The Balaban J connectivity index is 0.00000541. The molecule has 5 aromatic rings. The molecule has 49 heavy (non-hydrogen) atoms. The van der Waals surface area contributed by atoms with Crippen LogP contribution in [0.4, 0.5) is 11.4 Å². The van der Waals surface area contributed by atoms with Gasteiger partial charge in [-0.3, -0.25) is 9.98 Å². The average Bonchev–Trinajstić information content (AvgIpc) is 2.96. The Morgan fingerprint density at radius 3 is 1.14 bits per heavy atom. The molecule has 0 amide bonds. The summed E-state index contributed by atoms with van der Waals surface area (Å²) in [6.45, 7) is 25.2. The molecule has 0 N–H and O–H groups in total. The van der Waals surface area contributed by atoms with Crippen LogP contribution >= 0.6 is 0 Å². The van der Waals surface area contributed by atoms with Gasteiger partial charge in [-0.1, -0.05) is 131 Å². The van der Waals surface area contributed by atoms with E-state index >= 15 is 0 Å². The smallest absolute Gasteiger partial charge is 0.872 e. The van der Waals surface area contributed by atoms with Gasteiger partial charge < -0.3 is 10.2 Å². The maximum atomic E-state index is 13.8. The van der Waals surface area contributed by atoms with Gasteiger partial charge in [-0.05, 0) is 79.3 Å². The molecule has 0 aliphatic rings. The van der Waals surface area contributed by atoms with Crippen LogP contribution in [0.1, 0.15) is 116 Å². The van der Waals surface area contributed by atoms with E-state index in [0.29, 0.717) is 33.5 Å². The molecule has 7 heteroatoms. The summed E-state index contributed by atoms with van der Waals surface area (Å²) < 4.78 is 0. The number of benzene rings is 4. The number of aromatic nitrogens is 2. The molecule has 0 saturated heterocycles. The van der Waals surface area contributed by atoms with Crippen molar-refractivity contribution in [2.45, 2.75) is 105 Å². The summed E-state index contributed by atoms with van der Waals surface area (Å²) >= 11 is 0. The van der Waals surface area contributed by atoms with Crippen LogP contribution in [-0.2, 0) is 38.7 Å². The Kier molecular flexibility index (Phi) is 10.3. The Morgan fingerprint density at radius 2 is 0.837 bits per heavy atom. The minimum atomic E-state index is -0.334. The zero-order valence-corrected chi connectivity index (χ0v) is 31.8. The van der Waals surface area contributed by atoms with Crippen molar-refractivity contribution in [1.29, 1.82) is 0 Å². The van der Waals surface area contributed by atoms with Crippen molar-refractivity contribution in [3.05, 3.63) is 94.0 Å². The van der Waals surface area contributed by atoms with Gasteiger partial charge in [0.1, 0.15) is 0 Å². The van der Waals surface area contributed by atoms with Crippen LogP contribution in [0.25, 0.3) is 22.1 Å². The summed E-state index contributed by atoms with van der Waals surface area (Å²) in [6, 6.07) is 19.4. The maximum Gasteiger partial charge on any atom is 2.00 e. The first-order valence-corrected chi connectivity index (χ1v) is 16.6. The Morgan fingerprint density at radius 1 is 0.490 bits per heavy atom. The van der Waals surface area contributed by atoms with Crippen molar-refractivity contribution >= 4 is 45.9 Å². The van der Waals surface area contributed by atoms with Gasteiger partial charge in [0.2, 0.25) is 0 Å². The van der Waals surface area contributed by atoms with Crippen LogP contribution in [0.3, 0.4) is 0 Å². The molecule has 0 aliphatic heterocycles. The summed E-state index contributed by atoms with van der Waals surface area (Å²) in [4.78, 5) is 19.5. The van der Waals surface area contributed by atoms with Crippen molar-refractivity contribution < 1.29 is 27.3 Å². The van der Waals surface area contributed by atoms with Gasteiger partial charge in [0.25, 0.3) is 0 Å². The van der Waals surface area contributed by atoms with E-state index in [-0.39, 0.29) is 50.2 Å². The second-order valence-corrected chi connectivity index (χ2v) is 16.9. The van der Waals surface area contributed by atoms with Crippen LogP contribution in [0, 0.1) is 0 Å². The number of hydrogen-bond donors (Lipinski definition) is 0. The molecule has 0 fully saturated rings. The molecule has 6 nitrogen and oxygen atoms in total. The van der Waals surface area contributed by atoms with E-state index in [1.807, 2.05) is 60.7 Å². The first-order valence-electron chi connectivity index (χ1n) is 16.6. The number of rotatable bonds is 4. The molecule has 259 valence electrons. The SMILES string of the molecule is CC(C)(C)c1cc(C=Nc2cc3nc4ccccc4nc3cc2N=Cc2cc(C(C)(C)C)cc(C(C)(C)C)c2[O-])c([O-])c(C(C)(C)C)c1.[Cu+2]. The Labute approximate surface area is 302 Å². The zero-order valence-electron chi connectivity index (χ0n) is 30.8. The third kappa shape index (κ3) is 8.22. The predicted octanol–water partition coefficient (Wildman–Crippen LogP) is 9.62. The maximum absolute atomic E-state index is 13.8. The van der Waals surface area contributed by atoms with Crippen molar-refractivity contribution in [2.75, 3.05) is 0 Å².